The second kappa shape index (κ2) is 3.37. The van der Waals surface area contributed by atoms with E-state index >= 15 is 0 Å². The molecular weight excluding hydrogens is 172 g/mol. The van der Waals surface area contributed by atoms with Gasteiger partial charge in [-0.1, -0.05) is 24.3 Å². The molecule has 1 aromatic rings. The van der Waals surface area contributed by atoms with Crippen LogP contribution in [0.3, 0.4) is 0 Å². The van der Waals surface area contributed by atoms with E-state index in [0.29, 0.717) is 0 Å². The molecule has 1 N–H and O–H groups in total. The van der Waals surface area contributed by atoms with Gasteiger partial charge in [-0.25, -0.2) is 0 Å². The van der Waals surface area contributed by atoms with Crippen molar-refractivity contribution in [3.05, 3.63) is 35.4 Å². The Labute approximate surface area is 84.9 Å². The Hall–Kier alpha value is -0.860. The smallest absolute Gasteiger partial charge is 0.0241 e. The van der Waals surface area contributed by atoms with Gasteiger partial charge in [-0.2, -0.15) is 0 Å². The van der Waals surface area contributed by atoms with E-state index in [1.165, 1.54) is 30.6 Å². The van der Waals surface area contributed by atoms with Crippen molar-refractivity contribution in [2.24, 2.45) is 0 Å². The van der Waals surface area contributed by atoms with Gasteiger partial charge in [0, 0.05) is 25.7 Å². The summed E-state index contributed by atoms with van der Waals surface area (Å²) in [5.74, 6) is 0. The maximum absolute atomic E-state index is 3.46. The Kier molecular flexibility index (Phi) is 2.03. The fraction of sp³-hybridized carbons (Fsp3) is 0.500. The first-order valence-corrected chi connectivity index (χ1v) is 5.44. The molecule has 74 valence electrons. The summed E-state index contributed by atoms with van der Waals surface area (Å²) in [7, 11) is 0. The lowest BCUT2D eigenvalue weighted by Crippen LogP contribution is -2.49. The fourth-order valence-electron chi connectivity index (χ4n) is 2.35. The van der Waals surface area contributed by atoms with Crippen LogP contribution in [0.2, 0.25) is 0 Å². The summed E-state index contributed by atoms with van der Waals surface area (Å²) < 4.78 is 0. The summed E-state index contributed by atoms with van der Waals surface area (Å²) >= 11 is 0. The minimum atomic E-state index is 0.754. The van der Waals surface area contributed by atoms with Gasteiger partial charge in [0.25, 0.3) is 0 Å². The maximum Gasteiger partial charge on any atom is 0.0241 e. The molecule has 0 radical (unpaired) electrons. The van der Waals surface area contributed by atoms with Gasteiger partial charge in [-0.05, 0) is 24.1 Å². The zero-order valence-corrected chi connectivity index (χ0v) is 8.37. The molecule has 0 aromatic heterocycles. The summed E-state index contributed by atoms with van der Waals surface area (Å²) in [6.07, 6.45) is 1.35. The minimum absolute atomic E-state index is 0.754. The van der Waals surface area contributed by atoms with Gasteiger partial charge in [0.2, 0.25) is 0 Å². The standard InChI is InChI=1S/C12H16N2/c1-2-4-11-8-14(7-10(11)3-1)9-12-5-6-13-12/h1-4,12-13H,5-9H2. The molecule has 0 saturated carbocycles. The topological polar surface area (TPSA) is 15.3 Å². The summed E-state index contributed by atoms with van der Waals surface area (Å²) in [5, 5.41) is 3.46. The van der Waals surface area contributed by atoms with Gasteiger partial charge < -0.3 is 5.32 Å². The molecule has 3 rings (SSSR count). The summed E-state index contributed by atoms with van der Waals surface area (Å²) in [6.45, 7) is 4.73. The SMILES string of the molecule is c1ccc2c(c1)CN(CC1CCN1)C2. The lowest BCUT2D eigenvalue weighted by Gasteiger charge is -2.31. The molecule has 0 aliphatic carbocycles. The number of nitrogens with zero attached hydrogens (tertiary/aromatic N) is 1. The highest BCUT2D eigenvalue weighted by atomic mass is 15.2. The lowest BCUT2D eigenvalue weighted by atomic mass is 10.1. The molecule has 2 nitrogen and oxygen atoms in total. The molecule has 2 aliphatic rings. The third-order valence-electron chi connectivity index (χ3n) is 3.31. The van der Waals surface area contributed by atoms with Crippen molar-refractivity contribution in [2.45, 2.75) is 25.6 Å². The Balaban J connectivity index is 1.66. The van der Waals surface area contributed by atoms with Crippen molar-refractivity contribution in [3.8, 4) is 0 Å². The van der Waals surface area contributed by atoms with Crippen LogP contribution in [-0.2, 0) is 13.1 Å². The van der Waals surface area contributed by atoms with Crippen molar-refractivity contribution in [2.75, 3.05) is 13.1 Å². The molecule has 1 fully saturated rings. The highest BCUT2D eigenvalue weighted by molar-refractivity contribution is 5.30. The first-order chi connectivity index (χ1) is 6.92. The van der Waals surface area contributed by atoms with Crippen LogP contribution < -0.4 is 5.32 Å². The number of hydrogen-bond acceptors (Lipinski definition) is 2. The molecule has 2 heterocycles. The average molecular weight is 188 g/mol. The Morgan fingerprint density at radius 3 is 2.36 bits per heavy atom. The fourth-order valence-corrected chi connectivity index (χ4v) is 2.35. The molecule has 2 aliphatic heterocycles. The van der Waals surface area contributed by atoms with Crippen LogP contribution in [0.15, 0.2) is 24.3 Å². The maximum atomic E-state index is 3.46. The first-order valence-electron chi connectivity index (χ1n) is 5.44. The van der Waals surface area contributed by atoms with Crippen LogP contribution in [0.4, 0.5) is 0 Å². The number of fused-ring (bicyclic) bond motifs is 1. The Bertz CT molecular complexity index is 306. The van der Waals surface area contributed by atoms with Crippen molar-refractivity contribution in [3.63, 3.8) is 0 Å². The van der Waals surface area contributed by atoms with Crippen molar-refractivity contribution < 1.29 is 0 Å². The van der Waals surface area contributed by atoms with Gasteiger partial charge in [-0.3, -0.25) is 4.90 Å². The van der Waals surface area contributed by atoms with E-state index in [4.69, 9.17) is 0 Å². The van der Waals surface area contributed by atoms with E-state index in [-0.39, 0.29) is 0 Å². The van der Waals surface area contributed by atoms with E-state index < -0.39 is 0 Å². The molecule has 1 saturated heterocycles. The molecule has 0 amide bonds. The second-order valence-corrected chi connectivity index (χ2v) is 4.38. The third kappa shape index (κ3) is 1.45. The van der Waals surface area contributed by atoms with Crippen LogP contribution in [0.25, 0.3) is 0 Å². The van der Waals surface area contributed by atoms with E-state index in [2.05, 4.69) is 34.5 Å². The lowest BCUT2D eigenvalue weighted by molar-refractivity contribution is 0.210. The van der Waals surface area contributed by atoms with Gasteiger partial charge in [-0.15, -0.1) is 0 Å². The van der Waals surface area contributed by atoms with Crippen LogP contribution in [0.5, 0.6) is 0 Å². The molecule has 2 heteroatoms. The Morgan fingerprint density at radius 2 is 1.86 bits per heavy atom. The van der Waals surface area contributed by atoms with Gasteiger partial charge >= 0.3 is 0 Å². The number of benzene rings is 1. The summed E-state index contributed by atoms with van der Waals surface area (Å²) in [5.41, 5.74) is 3.04. The number of nitrogens with one attached hydrogen (secondary N) is 1. The third-order valence-corrected chi connectivity index (χ3v) is 3.31. The first kappa shape index (κ1) is 8.45. The quantitative estimate of drug-likeness (QED) is 0.754. The average Bonchev–Trinajstić information content (AvgIpc) is 2.53. The van der Waals surface area contributed by atoms with Crippen LogP contribution in [0, 0.1) is 0 Å². The zero-order valence-electron chi connectivity index (χ0n) is 8.37. The highest BCUT2D eigenvalue weighted by Crippen LogP contribution is 2.22. The Morgan fingerprint density at radius 1 is 1.21 bits per heavy atom. The second-order valence-electron chi connectivity index (χ2n) is 4.38. The molecular formula is C12H16N2. The van der Waals surface area contributed by atoms with E-state index in [0.717, 1.165) is 19.1 Å². The predicted molar refractivity (Wildman–Crippen MR) is 57.0 cm³/mol. The van der Waals surface area contributed by atoms with E-state index in [9.17, 15) is 0 Å². The van der Waals surface area contributed by atoms with Crippen molar-refractivity contribution >= 4 is 0 Å². The summed E-state index contributed by atoms with van der Waals surface area (Å²) in [6, 6.07) is 9.55. The minimum Gasteiger partial charge on any atom is -0.313 e. The molecule has 0 bridgehead atoms. The van der Waals surface area contributed by atoms with E-state index in [1.54, 1.807) is 0 Å². The monoisotopic (exact) mass is 188 g/mol. The largest absolute Gasteiger partial charge is 0.313 e. The van der Waals surface area contributed by atoms with Crippen LogP contribution >= 0.6 is 0 Å². The van der Waals surface area contributed by atoms with Crippen molar-refractivity contribution in [1.29, 1.82) is 0 Å². The molecule has 1 aromatic carbocycles. The molecule has 14 heavy (non-hydrogen) atoms. The van der Waals surface area contributed by atoms with Crippen molar-refractivity contribution in [1.82, 2.24) is 10.2 Å². The van der Waals surface area contributed by atoms with Gasteiger partial charge in [0.1, 0.15) is 0 Å². The summed E-state index contributed by atoms with van der Waals surface area (Å²) in [4.78, 5) is 2.54. The van der Waals surface area contributed by atoms with E-state index in [1.807, 2.05) is 0 Å². The van der Waals surface area contributed by atoms with Gasteiger partial charge in [0.15, 0.2) is 0 Å². The van der Waals surface area contributed by atoms with Crippen LogP contribution in [-0.4, -0.2) is 24.0 Å². The van der Waals surface area contributed by atoms with Crippen LogP contribution in [0.1, 0.15) is 17.5 Å². The molecule has 1 atom stereocenters. The molecule has 0 spiro atoms. The number of hydrogen-bond donors (Lipinski definition) is 1. The number of rotatable bonds is 2. The normalized spacial score (nSPS) is 25.9. The molecule has 1 unspecified atom stereocenters. The zero-order chi connectivity index (χ0) is 9.38. The highest BCUT2D eigenvalue weighted by Gasteiger charge is 2.24. The predicted octanol–water partition coefficient (Wildman–Crippen LogP) is 1.36. The van der Waals surface area contributed by atoms with Gasteiger partial charge in [0.05, 0.1) is 0 Å².